The van der Waals surface area contributed by atoms with E-state index in [1.165, 1.54) is 7.11 Å². The summed E-state index contributed by atoms with van der Waals surface area (Å²) in [5.41, 5.74) is 0.547. The number of methoxy groups -OCH3 is 1. The number of carbonyl (C=O) groups is 1. The Morgan fingerprint density at radius 1 is 1.60 bits per heavy atom. The second-order valence-electron chi connectivity index (χ2n) is 4.94. The number of alkyl halides is 1. The lowest BCUT2D eigenvalue weighted by Crippen LogP contribution is -2.31. The van der Waals surface area contributed by atoms with E-state index in [2.05, 4.69) is 5.32 Å². The van der Waals surface area contributed by atoms with E-state index in [4.69, 9.17) is 16.3 Å². The maximum Gasteiger partial charge on any atom is 0.238 e. The number of ether oxygens (including phenoxy) is 1. The van der Waals surface area contributed by atoms with Gasteiger partial charge in [0, 0.05) is 17.5 Å². The van der Waals surface area contributed by atoms with Crippen molar-refractivity contribution in [1.29, 1.82) is 0 Å². The molecule has 0 radical (unpaired) electrons. The Kier molecular flexibility index (Phi) is 5.20. The molecule has 1 aliphatic rings. The number of carbonyl (C=O) groups excluding carboxylic acids is 1. The number of anilines is 1. The van der Waals surface area contributed by atoms with Gasteiger partial charge >= 0.3 is 0 Å². The highest BCUT2D eigenvalue weighted by atomic mass is 35.5. The second-order valence-corrected chi connectivity index (χ2v) is 5.37. The number of nitrogens with one attached hydrogen (secondary N) is 1. The van der Waals surface area contributed by atoms with Gasteiger partial charge in [-0.2, -0.15) is 0 Å². The van der Waals surface area contributed by atoms with Crippen LogP contribution in [0.5, 0.6) is 5.75 Å². The first-order valence-corrected chi connectivity index (χ1v) is 6.92. The average molecular weight is 301 g/mol. The molecule has 6 heteroatoms. The van der Waals surface area contributed by atoms with Gasteiger partial charge in [-0.05, 0) is 31.2 Å². The Balaban J connectivity index is 1.93. The zero-order chi connectivity index (χ0) is 14.5. The van der Waals surface area contributed by atoms with Crippen molar-refractivity contribution in [3.63, 3.8) is 0 Å². The lowest BCUT2D eigenvalue weighted by Gasteiger charge is -2.16. The van der Waals surface area contributed by atoms with Crippen LogP contribution in [-0.4, -0.2) is 44.2 Å². The summed E-state index contributed by atoms with van der Waals surface area (Å²) in [7, 11) is 1.53. The van der Waals surface area contributed by atoms with E-state index in [9.17, 15) is 9.18 Å². The minimum Gasteiger partial charge on any atom is -0.495 e. The lowest BCUT2D eigenvalue weighted by atomic mass is 10.1. The normalized spacial score (nSPS) is 19.1. The molecule has 1 aliphatic heterocycles. The third-order valence-corrected chi connectivity index (χ3v) is 3.63. The average Bonchev–Trinajstić information content (AvgIpc) is 2.86. The molecule has 4 nitrogen and oxygen atoms in total. The quantitative estimate of drug-likeness (QED) is 0.909. The topological polar surface area (TPSA) is 41.6 Å². The molecule has 1 N–H and O–H groups in total. The molecule has 1 saturated heterocycles. The first-order valence-electron chi connectivity index (χ1n) is 6.54. The summed E-state index contributed by atoms with van der Waals surface area (Å²) < 4.78 is 17.7. The van der Waals surface area contributed by atoms with E-state index in [0.29, 0.717) is 23.0 Å². The van der Waals surface area contributed by atoms with Gasteiger partial charge in [-0.1, -0.05) is 11.6 Å². The van der Waals surface area contributed by atoms with Crippen LogP contribution in [0.15, 0.2) is 18.2 Å². The molecule has 1 heterocycles. The molecule has 20 heavy (non-hydrogen) atoms. The van der Waals surface area contributed by atoms with Crippen LogP contribution in [0.3, 0.4) is 0 Å². The molecule has 1 unspecified atom stereocenters. The van der Waals surface area contributed by atoms with Crippen LogP contribution in [0.1, 0.15) is 6.42 Å². The van der Waals surface area contributed by atoms with Crippen LogP contribution in [0.2, 0.25) is 5.02 Å². The highest BCUT2D eigenvalue weighted by Gasteiger charge is 2.24. The molecule has 0 saturated carbocycles. The molecule has 0 spiro atoms. The Hall–Kier alpha value is -1.33. The standard InChI is InChI=1S/C14H18ClFN2O2/c1-20-13-3-2-11(15)6-12(13)17-14(19)9-18-5-4-10(7-16)8-18/h2-3,6,10H,4-5,7-9H2,1H3,(H,17,19). The predicted molar refractivity (Wildman–Crippen MR) is 77.2 cm³/mol. The third kappa shape index (κ3) is 3.84. The van der Waals surface area contributed by atoms with Gasteiger partial charge in [-0.25, -0.2) is 0 Å². The molecule has 1 amide bonds. The number of benzene rings is 1. The molecule has 0 aliphatic carbocycles. The number of nitrogens with zero attached hydrogens (tertiary/aromatic N) is 1. The van der Waals surface area contributed by atoms with E-state index < -0.39 is 0 Å². The van der Waals surface area contributed by atoms with E-state index in [1.807, 2.05) is 4.90 Å². The summed E-state index contributed by atoms with van der Waals surface area (Å²) in [5.74, 6) is 0.472. The van der Waals surface area contributed by atoms with Crippen LogP contribution >= 0.6 is 11.6 Å². The first-order chi connectivity index (χ1) is 9.62. The highest BCUT2D eigenvalue weighted by molar-refractivity contribution is 6.31. The number of halogens is 2. The molecule has 1 atom stereocenters. The van der Waals surface area contributed by atoms with Crippen molar-refractivity contribution in [3.05, 3.63) is 23.2 Å². The van der Waals surface area contributed by atoms with Crippen molar-refractivity contribution in [1.82, 2.24) is 4.90 Å². The smallest absolute Gasteiger partial charge is 0.238 e. The van der Waals surface area contributed by atoms with Crippen LogP contribution in [0.25, 0.3) is 0 Å². The summed E-state index contributed by atoms with van der Waals surface area (Å²) in [6.07, 6.45) is 0.810. The maximum atomic E-state index is 12.5. The fourth-order valence-electron chi connectivity index (χ4n) is 2.35. The number of amides is 1. The zero-order valence-corrected chi connectivity index (χ0v) is 12.1. The van der Waals surface area contributed by atoms with E-state index >= 15 is 0 Å². The molecular formula is C14H18ClFN2O2. The Morgan fingerprint density at radius 3 is 3.05 bits per heavy atom. The SMILES string of the molecule is COc1ccc(Cl)cc1NC(=O)CN1CCC(CF)C1. The minimum absolute atomic E-state index is 0.0588. The summed E-state index contributed by atoms with van der Waals surface area (Å²) in [6, 6.07) is 5.04. The molecule has 110 valence electrons. The first kappa shape index (κ1) is 15.1. The van der Waals surface area contributed by atoms with Crippen molar-refractivity contribution in [3.8, 4) is 5.75 Å². The van der Waals surface area contributed by atoms with E-state index in [-0.39, 0.29) is 25.0 Å². The highest BCUT2D eigenvalue weighted by Crippen LogP contribution is 2.27. The summed E-state index contributed by atoms with van der Waals surface area (Å²) in [4.78, 5) is 14.0. The third-order valence-electron chi connectivity index (χ3n) is 3.39. The van der Waals surface area contributed by atoms with Gasteiger partial charge in [-0.15, -0.1) is 0 Å². The van der Waals surface area contributed by atoms with E-state index in [0.717, 1.165) is 13.0 Å². The Labute approximate surface area is 122 Å². The van der Waals surface area contributed by atoms with Gasteiger partial charge in [0.15, 0.2) is 0 Å². The molecule has 1 aromatic rings. The van der Waals surface area contributed by atoms with Crippen LogP contribution < -0.4 is 10.1 Å². The zero-order valence-electron chi connectivity index (χ0n) is 11.4. The predicted octanol–water partition coefficient (Wildman–Crippen LogP) is 2.58. The largest absolute Gasteiger partial charge is 0.495 e. The molecule has 1 aromatic carbocycles. The van der Waals surface area contributed by atoms with Gasteiger partial charge in [0.2, 0.25) is 5.91 Å². The Bertz CT molecular complexity index is 484. The van der Waals surface area contributed by atoms with Gasteiger partial charge in [-0.3, -0.25) is 14.1 Å². The summed E-state index contributed by atoms with van der Waals surface area (Å²) in [6.45, 7) is 1.33. The fourth-order valence-corrected chi connectivity index (χ4v) is 2.53. The summed E-state index contributed by atoms with van der Waals surface area (Å²) in [5, 5.41) is 3.31. The van der Waals surface area contributed by atoms with Crippen LogP contribution in [0, 0.1) is 5.92 Å². The molecule has 1 fully saturated rings. The number of rotatable bonds is 5. The molecule has 0 aromatic heterocycles. The monoisotopic (exact) mass is 300 g/mol. The Morgan fingerprint density at radius 2 is 2.40 bits per heavy atom. The molecular weight excluding hydrogens is 283 g/mol. The van der Waals surface area contributed by atoms with Gasteiger partial charge < -0.3 is 10.1 Å². The van der Waals surface area contributed by atoms with Gasteiger partial charge in [0.25, 0.3) is 0 Å². The van der Waals surface area contributed by atoms with Crippen LogP contribution in [0.4, 0.5) is 10.1 Å². The molecule has 0 bridgehead atoms. The van der Waals surface area contributed by atoms with Crippen molar-refractivity contribution < 1.29 is 13.9 Å². The number of hydrogen-bond donors (Lipinski definition) is 1. The maximum absolute atomic E-state index is 12.5. The molecule has 2 rings (SSSR count). The van der Waals surface area contributed by atoms with Crippen molar-refractivity contribution in [2.75, 3.05) is 38.7 Å². The number of likely N-dealkylation sites (tertiary alicyclic amines) is 1. The van der Waals surface area contributed by atoms with Crippen molar-refractivity contribution in [2.24, 2.45) is 5.92 Å². The van der Waals surface area contributed by atoms with Crippen molar-refractivity contribution >= 4 is 23.2 Å². The second kappa shape index (κ2) is 6.90. The van der Waals surface area contributed by atoms with E-state index in [1.54, 1.807) is 18.2 Å². The lowest BCUT2D eigenvalue weighted by molar-refractivity contribution is -0.117. The fraction of sp³-hybridized carbons (Fsp3) is 0.500. The minimum atomic E-state index is -0.319. The number of hydrogen-bond acceptors (Lipinski definition) is 3. The van der Waals surface area contributed by atoms with Gasteiger partial charge in [0.05, 0.1) is 26.0 Å². The summed E-state index contributed by atoms with van der Waals surface area (Å²) >= 11 is 5.91. The van der Waals surface area contributed by atoms with Crippen LogP contribution in [-0.2, 0) is 4.79 Å². The van der Waals surface area contributed by atoms with Gasteiger partial charge in [0.1, 0.15) is 5.75 Å². The van der Waals surface area contributed by atoms with Crippen molar-refractivity contribution in [2.45, 2.75) is 6.42 Å².